The second kappa shape index (κ2) is 10.5. The Bertz CT molecular complexity index is 972. The second-order valence-electron chi connectivity index (χ2n) is 6.91. The van der Waals surface area contributed by atoms with Crippen LogP contribution in [-0.2, 0) is 17.8 Å². The van der Waals surface area contributed by atoms with E-state index in [9.17, 15) is 9.59 Å². The Hall–Kier alpha value is -3.26. The first-order valence-corrected chi connectivity index (χ1v) is 10.5. The van der Waals surface area contributed by atoms with Crippen LogP contribution in [0.3, 0.4) is 0 Å². The highest BCUT2D eigenvalue weighted by Crippen LogP contribution is 2.15. The lowest BCUT2D eigenvalue weighted by atomic mass is 10.2. The highest BCUT2D eigenvalue weighted by atomic mass is 32.1. The zero-order valence-corrected chi connectivity index (χ0v) is 17.7. The zero-order chi connectivity index (χ0) is 21.3. The van der Waals surface area contributed by atoms with Gasteiger partial charge in [-0.05, 0) is 43.7 Å². The molecule has 2 aromatic carbocycles. The summed E-state index contributed by atoms with van der Waals surface area (Å²) in [7, 11) is 0. The maximum atomic E-state index is 12.2. The van der Waals surface area contributed by atoms with Crippen molar-refractivity contribution in [3.8, 4) is 5.75 Å². The minimum atomic E-state index is -0.306. The van der Waals surface area contributed by atoms with Crippen LogP contribution in [0.25, 0.3) is 0 Å². The van der Waals surface area contributed by atoms with Crippen LogP contribution < -0.4 is 15.4 Å². The van der Waals surface area contributed by atoms with E-state index < -0.39 is 0 Å². The van der Waals surface area contributed by atoms with Crippen molar-refractivity contribution in [2.75, 3.05) is 5.32 Å². The average Bonchev–Trinajstić information content (AvgIpc) is 3.21. The summed E-state index contributed by atoms with van der Waals surface area (Å²) in [5.74, 6) is 0.422. The van der Waals surface area contributed by atoms with Crippen molar-refractivity contribution < 1.29 is 14.3 Å². The van der Waals surface area contributed by atoms with Gasteiger partial charge >= 0.3 is 0 Å². The Morgan fingerprint density at radius 2 is 1.77 bits per heavy atom. The summed E-state index contributed by atoms with van der Waals surface area (Å²) in [6.45, 7) is 4.40. The average molecular weight is 425 g/mol. The number of hydrogen-bond donors (Lipinski definition) is 2. The largest absolute Gasteiger partial charge is 0.491 e. The number of aromatic nitrogens is 2. The van der Waals surface area contributed by atoms with Gasteiger partial charge in [-0.1, -0.05) is 41.7 Å². The summed E-state index contributed by atoms with van der Waals surface area (Å²) >= 11 is 1.19. The summed E-state index contributed by atoms with van der Waals surface area (Å²) in [5, 5.41) is 14.5. The van der Waals surface area contributed by atoms with Crippen LogP contribution in [-0.4, -0.2) is 28.1 Å². The third-order valence-electron chi connectivity index (χ3n) is 4.04. The number of benzene rings is 2. The fourth-order valence-corrected chi connectivity index (χ4v) is 3.35. The number of nitrogens with one attached hydrogen (secondary N) is 2. The Kier molecular flexibility index (Phi) is 7.51. The molecular weight excluding hydrogens is 400 g/mol. The van der Waals surface area contributed by atoms with Crippen molar-refractivity contribution in [2.24, 2.45) is 0 Å². The topological polar surface area (TPSA) is 93.2 Å². The van der Waals surface area contributed by atoms with E-state index >= 15 is 0 Å². The molecule has 30 heavy (non-hydrogen) atoms. The number of aryl methyl sites for hydroxylation is 1. The smallest absolute Gasteiger partial charge is 0.286 e. The molecule has 156 valence electrons. The van der Waals surface area contributed by atoms with Crippen molar-refractivity contribution in [2.45, 2.75) is 39.3 Å². The van der Waals surface area contributed by atoms with E-state index in [2.05, 4.69) is 20.8 Å². The van der Waals surface area contributed by atoms with Gasteiger partial charge in [0.05, 0.1) is 6.10 Å². The van der Waals surface area contributed by atoms with Crippen LogP contribution in [0.2, 0.25) is 0 Å². The Balaban J connectivity index is 1.42. The molecule has 0 atom stereocenters. The standard InChI is InChI=1S/C22H24N4O3S/c1-15(2)29-18-10-8-16(9-11-18)14-23-19(27)12-13-20-25-26-22(30-20)21(28)24-17-6-4-3-5-7-17/h3-11,15H,12-14H2,1-2H3,(H,23,27)(H,24,28). The van der Waals surface area contributed by atoms with Gasteiger partial charge in [-0.3, -0.25) is 9.59 Å². The zero-order valence-electron chi connectivity index (χ0n) is 16.9. The summed E-state index contributed by atoms with van der Waals surface area (Å²) < 4.78 is 5.61. The predicted molar refractivity (Wildman–Crippen MR) is 117 cm³/mol. The van der Waals surface area contributed by atoms with Crippen molar-refractivity contribution >= 4 is 28.8 Å². The van der Waals surface area contributed by atoms with E-state index in [1.54, 1.807) is 12.1 Å². The number of para-hydroxylation sites is 1. The third kappa shape index (κ3) is 6.66. The van der Waals surface area contributed by atoms with Crippen LogP contribution in [0.1, 0.15) is 40.6 Å². The number of nitrogens with zero attached hydrogens (tertiary/aromatic N) is 2. The van der Waals surface area contributed by atoms with E-state index in [4.69, 9.17) is 4.74 Å². The molecule has 0 aliphatic rings. The number of carbonyl (C=O) groups is 2. The highest BCUT2D eigenvalue weighted by Gasteiger charge is 2.14. The molecule has 0 radical (unpaired) electrons. The molecule has 0 spiro atoms. The quantitative estimate of drug-likeness (QED) is 0.545. The maximum absolute atomic E-state index is 12.2. The minimum Gasteiger partial charge on any atom is -0.491 e. The van der Waals surface area contributed by atoms with Crippen molar-refractivity contribution in [3.05, 3.63) is 70.2 Å². The van der Waals surface area contributed by atoms with Gasteiger partial charge in [0.25, 0.3) is 5.91 Å². The van der Waals surface area contributed by atoms with Gasteiger partial charge in [-0.2, -0.15) is 0 Å². The molecule has 2 N–H and O–H groups in total. The molecule has 3 rings (SSSR count). The van der Waals surface area contributed by atoms with Gasteiger partial charge in [0, 0.05) is 25.1 Å². The normalized spacial score (nSPS) is 10.6. The van der Waals surface area contributed by atoms with Crippen LogP contribution in [0.4, 0.5) is 5.69 Å². The monoisotopic (exact) mass is 424 g/mol. The van der Waals surface area contributed by atoms with Crippen LogP contribution in [0, 0.1) is 0 Å². The van der Waals surface area contributed by atoms with E-state index in [-0.39, 0.29) is 29.3 Å². The molecule has 0 bridgehead atoms. The third-order valence-corrected chi connectivity index (χ3v) is 5.03. The SMILES string of the molecule is CC(C)Oc1ccc(CNC(=O)CCc2nnc(C(=O)Nc3ccccc3)s2)cc1. The summed E-state index contributed by atoms with van der Waals surface area (Å²) in [4.78, 5) is 24.3. The molecule has 0 saturated heterocycles. The van der Waals surface area contributed by atoms with E-state index in [0.717, 1.165) is 11.3 Å². The molecule has 7 nitrogen and oxygen atoms in total. The van der Waals surface area contributed by atoms with Crippen molar-refractivity contribution in [1.29, 1.82) is 0 Å². The predicted octanol–water partition coefficient (Wildman–Crippen LogP) is 3.83. The Labute approximate surface area is 179 Å². The number of anilines is 1. The van der Waals surface area contributed by atoms with Gasteiger partial charge < -0.3 is 15.4 Å². The van der Waals surface area contributed by atoms with Gasteiger partial charge in [0.15, 0.2) is 0 Å². The summed E-state index contributed by atoms with van der Waals surface area (Å²) in [6.07, 6.45) is 0.841. The number of ether oxygens (including phenoxy) is 1. The van der Waals surface area contributed by atoms with Crippen molar-refractivity contribution in [3.63, 3.8) is 0 Å². The van der Waals surface area contributed by atoms with Crippen LogP contribution in [0.5, 0.6) is 5.75 Å². The molecule has 1 heterocycles. The lowest BCUT2D eigenvalue weighted by Gasteiger charge is -2.10. The minimum absolute atomic E-state index is 0.0806. The lowest BCUT2D eigenvalue weighted by molar-refractivity contribution is -0.121. The fraction of sp³-hybridized carbons (Fsp3) is 0.273. The highest BCUT2D eigenvalue weighted by molar-refractivity contribution is 7.13. The van der Waals surface area contributed by atoms with Crippen LogP contribution >= 0.6 is 11.3 Å². The van der Waals surface area contributed by atoms with Gasteiger partial charge in [0.1, 0.15) is 10.8 Å². The molecule has 0 aliphatic carbocycles. The molecule has 0 saturated carbocycles. The Morgan fingerprint density at radius 3 is 2.47 bits per heavy atom. The van der Waals surface area contributed by atoms with Gasteiger partial charge in [-0.25, -0.2) is 0 Å². The molecule has 8 heteroatoms. The number of hydrogen-bond acceptors (Lipinski definition) is 6. The fourth-order valence-electron chi connectivity index (χ4n) is 2.62. The van der Waals surface area contributed by atoms with Crippen molar-refractivity contribution in [1.82, 2.24) is 15.5 Å². The second-order valence-corrected chi connectivity index (χ2v) is 7.97. The molecule has 0 unspecified atom stereocenters. The first-order valence-electron chi connectivity index (χ1n) is 9.70. The van der Waals surface area contributed by atoms with E-state index in [0.29, 0.717) is 23.7 Å². The molecule has 0 aliphatic heterocycles. The lowest BCUT2D eigenvalue weighted by Crippen LogP contribution is -2.22. The maximum Gasteiger partial charge on any atom is 0.286 e. The number of amides is 2. The molecule has 0 fully saturated rings. The van der Waals surface area contributed by atoms with E-state index in [1.165, 1.54) is 11.3 Å². The first kappa shape index (κ1) is 21.4. The van der Waals surface area contributed by atoms with Gasteiger partial charge in [0.2, 0.25) is 10.9 Å². The first-order chi connectivity index (χ1) is 14.5. The van der Waals surface area contributed by atoms with Crippen LogP contribution in [0.15, 0.2) is 54.6 Å². The number of rotatable bonds is 9. The molecule has 2 amide bonds. The molecule has 1 aromatic heterocycles. The molecular formula is C22H24N4O3S. The number of carbonyl (C=O) groups excluding carboxylic acids is 2. The summed E-state index contributed by atoms with van der Waals surface area (Å²) in [6, 6.07) is 16.8. The Morgan fingerprint density at radius 1 is 1.03 bits per heavy atom. The van der Waals surface area contributed by atoms with E-state index in [1.807, 2.05) is 56.3 Å². The van der Waals surface area contributed by atoms with Gasteiger partial charge in [-0.15, -0.1) is 10.2 Å². The molecule has 3 aromatic rings. The summed E-state index contributed by atoms with van der Waals surface area (Å²) in [5.41, 5.74) is 1.69.